The molecule has 0 heterocycles. The molecule has 0 bridgehead atoms. The lowest BCUT2D eigenvalue weighted by atomic mass is 9.86. The van der Waals surface area contributed by atoms with E-state index in [0.29, 0.717) is 0 Å². The highest BCUT2D eigenvalue weighted by atomic mass is 16.1. The molecule has 0 spiro atoms. The molecule has 18 heavy (non-hydrogen) atoms. The summed E-state index contributed by atoms with van der Waals surface area (Å²) in [6.45, 7) is 12.0. The Labute approximate surface area is 110 Å². The summed E-state index contributed by atoms with van der Waals surface area (Å²) in [5.74, 6) is 0.168. The first-order valence-electron chi connectivity index (χ1n) is 6.30. The molecule has 0 N–H and O–H groups in total. The van der Waals surface area contributed by atoms with Crippen molar-refractivity contribution >= 4 is 12.0 Å². The normalized spacial score (nSPS) is 13.0. The van der Waals surface area contributed by atoms with E-state index in [2.05, 4.69) is 25.8 Å². The Hall–Kier alpha value is -1.44. The summed E-state index contributed by atoms with van der Waals surface area (Å²) >= 11 is 0. The molecule has 2 nitrogen and oxygen atoms in total. The molecule has 0 aliphatic carbocycles. The SMILES string of the molecule is CC(C)(C)/N=C/c1ccc(C(=O)C(C)(C)C)cc1. The zero-order valence-corrected chi connectivity index (χ0v) is 12.2. The summed E-state index contributed by atoms with van der Waals surface area (Å²) in [7, 11) is 0. The van der Waals surface area contributed by atoms with Gasteiger partial charge in [-0.05, 0) is 26.3 Å². The van der Waals surface area contributed by atoms with Gasteiger partial charge in [-0.2, -0.15) is 0 Å². The Kier molecular flexibility index (Phi) is 4.10. The van der Waals surface area contributed by atoms with Crippen LogP contribution >= 0.6 is 0 Å². The van der Waals surface area contributed by atoms with Crippen LogP contribution in [-0.2, 0) is 0 Å². The van der Waals surface area contributed by atoms with Crippen LogP contribution in [0.25, 0.3) is 0 Å². The van der Waals surface area contributed by atoms with Crippen molar-refractivity contribution in [3.63, 3.8) is 0 Å². The van der Waals surface area contributed by atoms with Crippen molar-refractivity contribution in [2.75, 3.05) is 0 Å². The van der Waals surface area contributed by atoms with Crippen molar-refractivity contribution in [1.29, 1.82) is 0 Å². The molecular formula is C16H23NO. The maximum atomic E-state index is 12.1. The first-order chi connectivity index (χ1) is 8.09. The molecule has 0 amide bonds. The standard InChI is InChI=1S/C16H23NO/c1-15(2,3)14(18)13-9-7-12(8-10-13)11-17-16(4,5)6/h7-11H,1-6H3/b17-11+. The van der Waals surface area contributed by atoms with Gasteiger partial charge in [0.05, 0.1) is 5.54 Å². The molecule has 0 aromatic heterocycles. The van der Waals surface area contributed by atoms with Crippen LogP contribution in [0.4, 0.5) is 0 Å². The molecule has 0 atom stereocenters. The Morgan fingerprint density at radius 3 is 1.89 bits per heavy atom. The van der Waals surface area contributed by atoms with Gasteiger partial charge in [0.25, 0.3) is 0 Å². The molecule has 1 rings (SSSR count). The molecule has 0 aliphatic rings. The molecule has 0 saturated carbocycles. The van der Waals surface area contributed by atoms with Gasteiger partial charge in [-0.3, -0.25) is 9.79 Å². The molecule has 0 aliphatic heterocycles. The number of hydrogen-bond acceptors (Lipinski definition) is 2. The van der Waals surface area contributed by atoms with Gasteiger partial charge in [0.15, 0.2) is 5.78 Å². The van der Waals surface area contributed by atoms with E-state index >= 15 is 0 Å². The van der Waals surface area contributed by atoms with Gasteiger partial charge in [0.1, 0.15) is 0 Å². The quantitative estimate of drug-likeness (QED) is 0.569. The maximum absolute atomic E-state index is 12.1. The van der Waals surface area contributed by atoms with Crippen LogP contribution in [0.15, 0.2) is 29.3 Å². The lowest BCUT2D eigenvalue weighted by Gasteiger charge is -2.16. The van der Waals surface area contributed by atoms with Gasteiger partial charge in [0.2, 0.25) is 0 Å². The minimum atomic E-state index is -0.332. The van der Waals surface area contributed by atoms with Crippen LogP contribution in [0.2, 0.25) is 0 Å². The van der Waals surface area contributed by atoms with E-state index in [1.54, 1.807) is 0 Å². The highest BCUT2D eigenvalue weighted by molar-refractivity contribution is 6.00. The molecule has 0 saturated heterocycles. The summed E-state index contributed by atoms with van der Waals surface area (Å²) in [6.07, 6.45) is 1.85. The largest absolute Gasteiger partial charge is 0.294 e. The fourth-order valence-electron chi connectivity index (χ4n) is 1.42. The molecule has 0 unspecified atom stereocenters. The lowest BCUT2D eigenvalue weighted by molar-refractivity contribution is 0.0858. The molecule has 2 heteroatoms. The molecule has 1 aromatic carbocycles. The van der Waals surface area contributed by atoms with Gasteiger partial charge in [0, 0.05) is 17.2 Å². The van der Waals surface area contributed by atoms with Crippen molar-refractivity contribution in [2.24, 2.45) is 10.4 Å². The summed E-state index contributed by atoms with van der Waals surface area (Å²) in [6, 6.07) is 7.62. The van der Waals surface area contributed by atoms with Crippen molar-refractivity contribution in [3.8, 4) is 0 Å². The van der Waals surface area contributed by atoms with Crippen LogP contribution in [0.5, 0.6) is 0 Å². The maximum Gasteiger partial charge on any atom is 0.168 e. The second kappa shape index (κ2) is 5.05. The van der Waals surface area contributed by atoms with E-state index in [9.17, 15) is 4.79 Å². The number of rotatable bonds is 2. The first-order valence-corrected chi connectivity index (χ1v) is 6.30. The average molecular weight is 245 g/mol. The van der Waals surface area contributed by atoms with E-state index in [0.717, 1.165) is 11.1 Å². The van der Waals surface area contributed by atoms with Crippen LogP contribution in [0, 0.1) is 5.41 Å². The Bertz CT molecular complexity index is 441. The van der Waals surface area contributed by atoms with E-state index in [4.69, 9.17) is 0 Å². The number of ketones is 1. The van der Waals surface area contributed by atoms with Gasteiger partial charge in [-0.1, -0.05) is 45.0 Å². The van der Waals surface area contributed by atoms with Crippen molar-refractivity contribution in [2.45, 2.75) is 47.1 Å². The third-order valence-electron chi connectivity index (χ3n) is 2.45. The van der Waals surface area contributed by atoms with Gasteiger partial charge in [-0.15, -0.1) is 0 Å². The number of carbonyl (C=O) groups excluding carboxylic acids is 1. The zero-order chi connectivity index (χ0) is 14.0. The molecule has 1 aromatic rings. The summed E-state index contributed by atoms with van der Waals surface area (Å²) in [5, 5.41) is 0. The highest BCUT2D eigenvalue weighted by Gasteiger charge is 2.22. The lowest BCUT2D eigenvalue weighted by Crippen LogP contribution is -2.20. The number of nitrogens with zero attached hydrogens (tertiary/aromatic N) is 1. The van der Waals surface area contributed by atoms with Crippen LogP contribution < -0.4 is 0 Å². The van der Waals surface area contributed by atoms with Crippen LogP contribution in [0.1, 0.15) is 57.5 Å². The minimum Gasteiger partial charge on any atom is -0.294 e. The van der Waals surface area contributed by atoms with E-state index in [1.807, 2.05) is 51.3 Å². The second-order valence-corrected chi connectivity index (χ2v) is 6.63. The van der Waals surface area contributed by atoms with Gasteiger partial charge < -0.3 is 0 Å². The van der Waals surface area contributed by atoms with Crippen LogP contribution in [-0.4, -0.2) is 17.5 Å². The predicted molar refractivity (Wildman–Crippen MR) is 77.6 cm³/mol. The van der Waals surface area contributed by atoms with Crippen molar-refractivity contribution in [3.05, 3.63) is 35.4 Å². The summed E-state index contributed by atoms with van der Waals surface area (Å²) in [4.78, 5) is 16.5. The number of aliphatic imine (C=N–C) groups is 1. The van der Waals surface area contributed by atoms with E-state index < -0.39 is 0 Å². The third kappa shape index (κ3) is 4.44. The number of benzene rings is 1. The highest BCUT2D eigenvalue weighted by Crippen LogP contribution is 2.20. The topological polar surface area (TPSA) is 29.4 Å². The van der Waals surface area contributed by atoms with E-state index in [1.165, 1.54) is 0 Å². The van der Waals surface area contributed by atoms with Gasteiger partial charge >= 0.3 is 0 Å². The smallest absolute Gasteiger partial charge is 0.168 e. The first kappa shape index (κ1) is 14.6. The predicted octanol–water partition coefficient (Wildman–Crippen LogP) is 4.13. The summed E-state index contributed by atoms with van der Waals surface area (Å²) in [5.41, 5.74) is 1.38. The number of carbonyl (C=O) groups is 1. The zero-order valence-electron chi connectivity index (χ0n) is 12.2. The fourth-order valence-corrected chi connectivity index (χ4v) is 1.42. The Morgan fingerprint density at radius 2 is 1.50 bits per heavy atom. The molecular weight excluding hydrogens is 222 g/mol. The fraction of sp³-hybridized carbons (Fsp3) is 0.500. The molecule has 0 fully saturated rings. The van der Waals surface area contributed by atoms with Crippen molar-refractivity contribution in [1.82, 2.24) is 0 Å². The number of hydrogen-bond donors (Lipinski definition) is 0. The summed E-state index contributed by atoms with van der Waals surface area (Å²) < 4.78 is 0. The van der Waals surface area contributed by atoms with E-state index in [-0.39, 0.29) is 16.7 Å². The van der Waals surface area contributed by atoms with Crippen LogP contribution in [0.3, 0.4) is 0 Å². The monoisotopic (exact) mass is 245 g/mol. The Balaban J connectivity index is 2.88. The average Bonchev–Trinajstić information content (AvgIpc) is 2.24. The number of Topliss-reactive ketones (excluding diaryl/α,β-unsaturated/α-hetero) is 1. The Morgan fingerprint density at radius 1 is 1.00 bits per heavy atom. The minimum absolute atomic E-state index is 0.0695. The molecule has 98 valence electrons. The third-order valence-corrected chi connectivity index (χ3v) is 2.45. The van der Waals surface area contributed by atoms with Gasteiger partial charge in [-0.25, -0.2) is 0 Å². The molecule has 0 radical (unpaired) electrons. The second-order valence-electron chi connectivity index (χ2n) is 6.63. The van der Waals surface area contributed by atoms with Crippen molar-refractivity contribution < 1.29 is 4.79 Å².